The molecule has 27 heavy (non-hydrogen) atoms. The molecule has 1 heterocycles. The van der Waals surface area contributed by atoms with Gasteiger partial charge >= 0.3 is 5.97 Å². The van der Waals surface area contributed by atoms with Gasteiger partial charge in [0.1, 0.15) is 6.10 Å². The molecule has 0 spiro atoms. The number of carboxylic acids is 1. The third kappa shape index (κ3) is 5.12. The Kier molecular flexibility index (Phi) is 6.20. The van der Waals surface area contributed by atoms with Crippen LogP contribution < -0.4 is 10.6 Å². The summed E-state index contributed by atoms with van der Waals surface area (Å²) in [6.07, 6.45) is 0.700. The van der Waals surface area contributed by atoms with Gasteiger partial charge in [0.2, 0.25) is 0 Å². The van der Waals surface area contributed by atoms with Gasteiger partial charge in [-0.05, 0) is 67.0 Å². The predicted molar refractivity (Wildman–Crippen MR) is 109 cm³/mol. The predicted octanol–water partition coefficient (Wildman–Crippen LogP) is 3.88. The first-order valence-electron chi connectivity index (χ1n) is 8.28. The van der Waals surface area contributed by atoms with Gasteiger partial charge in [0.25, 0.3) is 5.91 Å². The summed E-state index contributed by atoms with van der Waals surface area (Å²) in [7, 11) is 0. The molecule has 0 aromatic heterocycles. The van der Waals surface area contributed by atoms with Crippen molar-refractivity contribution in [1.29, 1.82) is 0 Å². The average Bonchev–Trinajstić information content (AvgIpc) is 3.13. The lowest BCUT2D eigenvalue weighted by Crippen LogP contribution is -2.40. The fourth-order valence-corrected chi connectivity index (χ4v) is 3.29. The van der Waals surface area contributed by atoms with Gasteiger partial charge in [-0.2, -0.15) is 0 Å². The Morgan fingerprint density at radius 1 is 1.07 bits per heavy atom. The third-order valence-electron chi connectivity index (χ3n) is 4.18. The van der Waals surface area contributed by atoms with E-state index in [2.05, 4.69) is 26.6 Å². The Bertz CT molecular complexity index is 855. The summed E-state index contributed by atoms with van der Waals surface area (Å²) in [6, 6.07) is 13.9. The van der Waals surface area contributed by atoms with Gasteiger partial charge in [-0.1, -0.05) is 28.1 Å². The topological polar surface area (TPSA) is 87.7 Å². The van der Waals surface area contributed by atoms with Gasteiger partial charge in [0.15, 0.2) is 5.11 Å². The highest BCUT2D eigenvalue weighted by atomic mass is 79.9. The number of rotatable bonds is 4. The highest BCUT2D eigenvalue weighted by Gasteiger charge is 2.31. The minimum Gasteiger partial charge on any atom is -0.478 e. The number of carbonyl (C=O) groups is 2. The van der Waals surface area contributed by atoms with Gasteiger partial charge in [-0.25, -0.2) is 4.79 Å². The Morgan fingerprint density at radius 3 is 2.37 bits per heavy atom. The van der Waals surface area contributed by atoms with Gasteiger partial charge in [0, 0.05) is 10.2 Å². The number of carbonyl (C=O) groups excluding carboxylic acids is 1. The number of nitrogens with one attached hydrogen (secondary N) is 2. The van der Waals surface area contributed by atoms with E-state index in [9.17, 15) is 9.59 Å². The van der Waals surface area contributed by atoms with Crippen molar-refractivity contribution in [3.63, 3.8) is 0 Å². The SMILES string of the molecule is O=C(O)c1ccc(NC(=S)NC(=O)C2CCC(c3ccc(Br)cc3)O2)cc1. The maximum atomic E-state index is 12.4. The molecule has 1 fully saturated rings. The van der Waals surface area contributed by atoms with Crippen molar-refractivity contribution in [2.24, 2.45) is 0 Å². The highest BCUT2D eigenvalue weighted by molar-refractivity contribution is 9.10. The number of aromatic carboxylic acids is 1. The molecule has 0 radical (unpaired) electrons. The lowest BCUT2D eigenvalue weighted by molar-refractivity contribution is -0.130. The summed E-state index contributed by atoms with van der Waals surface area (Å²) in [5.74, 6) is -1.30. The van der Waals surface area contributed by atoms with Gasteiger partial charge < -0.3 is 20.5 Å². The molecule has 1 aliphatic heterocycles. The highest BCUT2D eigenvalue weighted by Crippen LogP contribution is 2.33. The first-order chi connectivity index (χ1) is 12.9. The number of anilines is 1. The molecule has 2 atom stereocenters. The molecule has 2 unspecified atom stereocenters. The third-order valence-corrected chi connectivity index (χ3v) is 4.91. The monoisotopic (exact) mass is 448 g/mol. The fourth-order valence-electron chi connectivity index (χ4n) is 2.80. The molecule has 0 saturated carbocycles. The smallest absolute Gasteiger partial charge is 0.335 e. The number of hydrogen-bond acceptors (Lipinski definition) is 4. The second kappa shape index (κ2) is 8.60. The summed E-state index contributed by atoms with van der Waals surface area (Å²) in [5.41, 5.74) is 1.80. The second-order valence-electron chi connectivity index (χ2n) is 6.07. The van der Waals surface area contributed by atoms with Crippen LogP contribution in [0.5, 0.6) is 0 Å². The second-order valence-corrected chi connectivity index (χ2v) is 7.39. The zero-order valence-corrected chi connectivity index (χ0v) is 16.5. The first kappa shape index (κ1) is 19.5. The van der Waals surface area contributed by atoms with Crippen molar-refractivity contribution in [2.45, 2.75) is 25.0 Å². The summed E-state index contributed by atoms with van der Waals surface area (Å²) in [4.78, 5) is 23.2. The van der Waals surface area contributed by atoms with Crippen molar-refractivity contribution < 1.29 is 19.4 Å². The van der Waals surface area contributed by atoms with Crippen LogP contribution in [-0.2, 0) is 9.53 Å². The van der Waals surface area contributed by atoms with Crippen LogP contribution in [-0.4, -0.2) is 28.2 Å². The van der Waals surface area contributed by atoms with Crippen molar-refractivity contribution in [3.05, 3.63) is 64.1 Å². The zero-order valence-electron chi connectivity index (χ0n) is 14.1. The molecule has 8 heteroatoms. The molecule has 1 saturated heterocycles. The maximum absolute atomic E-state index is 12.4. The molecule has 1 amide bonds. The number of hydrogen-bond donors (Lipinski definition) is 3. The van der Waals surface area contributed by atoms with E-state index in [4.69, 9.17) is 22.1 Å². The largest absolute Gasteiger partial charge is 0.478 e. The van der Waals surface area contributed by atoms with E-state index in [0.717, 1.165) is 16.5 Å². The van der Waals surface area contributed by atoms with E-state index in [1.54, 1.807) is 12.1 Å². The van der Waals surface area contributed by atoms with Crippen molar-refractivity contribution in [2.75, 3.05) is 5.32 Å². The van der Waals surface area contributed by atoms with E-state index in [1.165, 1.54) is 12.1 Å². The van der Waals surface area contributed by atoms with Gasteiger partial charge in [-0.3, -0.25) is 4.79 Å². The van der Waals surface area contributed by atoms with Gasteiger partial charge in [0.05, 0.1) is 11.7 Å². The molecule has 0 bridgehead atoms. The van der Waals surface area contributed by atoms with Crippen molar-refractivity contribution in [3.8, 4) is 0 Å². The number of thiocarbonyl (C=S) groups is 1. The van der Waals surface area contributed by atoms with Crippen LogP contribution in [0.2, 0.25) is 0 Å². The normalized spacial score (nSPS) is 18.7. The number of halogens is 1. The quantitative estimate of drug-likeness (QED) is 0.615. The summed E-state index contributed by atoms with van der Waals surface area (Å²) in [6.45, 7) is 0. The molecule has 3 rings (SSSR count). The van der Waals surface area contributed by atoms with E-state index >= 15 is 0 Å². The minimum absolute atomic E-state index is 0.112. The fraction of sp³-hybridized carbons (Fsp3) is 0.211. The van der Waals surface area contributed by atoms with E-state index in [-0.39, 0.29) is 22.7 Å². The van der Waals surface area contributed by atoms with E-state index in [1.807, 2.05) is 24.3 Å². The first-order valence-corrected chi connectivity index (χ1v) is 9.48. The summed E-state index contributed by atoms with van der Waals surface area (Å²) >= 11 is 8.55. The maximum Gasteiger partial charge on any atom is 0.335 e. The van der Waals surface area contributed by atoms with Crippen LogP contribution in [0.1, 0.15) is 34.9 Å². The van der Waals surface area contributed by atoms with Crippen LogP contribution in [0, 0.1) is 0 Å². The molecule has 0 aliphatic carbocycles. The van der Waals surface area contributed by atoms with E-state index in [0.29, 0.717) is 12.1 Å². The Balaban J connectivity index is 1.52. The number of amides is 1. The zero-order chi connectivity index (χ0) is 19.4. The molecular formula is C19H17BrN2O4S. The van der Waals surface area contributed by atoms with Crippen molar-refractivity contribution in [1.82, 2.24) is 5.32 Å². The standard InChI is InChI=1S/C19H17BrN2O4S/c20-13-5-1-11(2-6-13)15-9-10-16(26-15)17(23)22-19(27)21-14-7-3-12(4-8-14)18(24)25/h1-8,15-16H,9-10H2,(H,24,25)(H2,21,22,23,27). The molecule has 140 valence electrons. The average molecular weight is 449 g/mol. The Morgan fingerprint density at radius 2 is 1.74 bits per heavy atom. The Hall–Kier alpha value is -2.29. The van der Waals surface area contributed by atoms with E-state index < -0.39 is 12.1 Å². The van der Waals surface area contributed by atoms with Crippen molar-refractivity contribution >= 4 is 50.8 Å². The molecular weight excluding hydrogens is 432 g/mol. The van der Waals surface area contributed by atoms with Crippen LogP contribution >= 0.6 is 28.1 Å². The number of carboxylic acid groups (broad SMARTS) is 1. The molecule has 6 nitrogen and oxygen atoms in total. The molecule has 1 aliphatic rings. The number of benzene rings is 2. The molecule has 2 aromatic rings. The summed E-state index contributed by atoms with van der Waals surface area (Å²) in [5, 5.41) is 14.5. The van der Waals surface area contributed by atoms with Crippen LogP contribution in [0.4, 0.5) is 5.69 Å². The van der Waals surface area contributed by atoms with Gasteiger partial charge in [-0.15, -0.1) is 0 Å². The van der Waals surface area contributed by atoms with Crippen LogP contribution in [0.25, 0.3) is 0 Å². The minimum atomic E-state index is -1.00. The lowest BCUT2D eigenvalue weighted by atomic mass is 10.1. The molecule has 2 aromatic carbocycles. The Labute approximate surface area is 170 Å². The van der Waals surface area contributed by atoms with Crippen LogP contribution in [0.3, 0.4) is 0 Å². The lowest BCUT2D eigenvalue weighted by Gasteiger charge is -2.15. The summed E-state index contributed by atoms with van der Waals surface area (Å²) < 4.78 is 6.85. The molecule has 3 N–H and O–H groups in total. The number of ether oxygens (including phenoxy) is 1. The van der Waals surface area contributed by atoms with Crippen LogP contribution in [0.15, 0.2) is 53.0 Å².